The second-order valence-corrected chi connectivity index (χ2v) is 12.7. The van der Waals surface area contributed by atoms with Crippen LogP contribution in [0.4, 0.5) is 0 Å². The van der Waals surface area contributed by atoms with Gasteiger partial charge in [0.2, 0.25) is 5.91 Å². The zero-order valence-electron chi connectivity index (χ0n) is 31.5. The van der Waals surface area contributed by atoms with Gasteiger partial charge in [0, 0.05) is 34.5 Å². The van der Waals surface area contributed by atoms with Crippen molar-refractivity contribution in [1.82, 2.24) is 16.0 Å². The van der Waals surface area contributed by atoms with Gasteiger partial charge in [-0.05, 0) is 111 Å². The van der Waals surface area contributed by atoms with E-state index in [-0.39, 0.29) is 11.9 Å². The van der Waals surface area contributed by atoms with Crippen molar-refractivity contribution in [2.75, 3.05) is 13.1 Å². The third kappa shape index (κ3) is 28.2. The number of unbranched alkanes of at least 4 members (excludes halogenated alkanes) is 6. The minimum atomic E-state index is 0.0895. The molecule has 1 atom stereocenters. The van der Waals surface area contributed by atoms with Crippen molar-refractivity contribution >= 4 is 28.5 Å². The Morgan fingerprint density at radius 3 is 1.87 bits per heavy atom. The fraction of sp³-hybridized carbons (Fsp3) is 0.675. The van der Waals surface area contributed by atoms with Gasteiger partial charge in [0.1, 0.15) is 0 Å². The first-order chi connectivity index (χ1) is 21.5. The van der Waals surface area contributed by atoms with E-state index in [0.29, 0.717) is 6.42 Å². The molecule has 0 bridgehead atoms. The number of hydrogen-bond donors (Lipinski definition) is 3. The van der Waals surface area contributed by atoms with Crippen LogP contribution in [0.5, 0.6) is 0 Å². The van der Waals surface area contributed by atoms with E-state index in [4.69, 9.17) is 0 Å². The fourth-order valence-corrected chi connectivity index (χ4v) is 5.08. The molecule has 0 aromatic heterocycles. The molecule has 1 rings (SSSR count). The van der Waals surface area contributed by atoms with Gasteiger partial charge >= 0.3 is 0 Å². The Kier molecular flexibility index (Phi) is 35.6. The molecule has 4 nitrogen and oxygen atoms in total. The van der Waals surface area contributed by atoms with Crippen LogP contribution < -0.4 is 16.0 Å². The summed E-state index contributed by atoms with van der Waals surface area (Å²) in [6, 6.07) is 4.67. The van der Waals surface area contributed by atoms with Gasteiger partial charge in [-0.1, -0.05) is 112 Å². The molecule has 1 unspecified atom stereocenters. The molecule has 3 N–H and O–H groups in total. The van der Waals surface area contributed by atoms with Crippen molar-refractivity contribution in [3.8, 4) is 0 Å². The first-order valence-corrected chi connectivity index (χ1v) is 19.2. The van der Waals surface area contributed by atoms with Crippen molar-refractivity contribution in [3.05, 3.63) is 69.1 Å². The minimum Gasteiger partial charge on any atom is -0.387 e. The number of carbonyl (C=O) groups is 1. The van der Waals surface area contributed by atoms with Crippen LogP contribution >= 0.6 is 22.6 Å². The maximum absolute atomic E-state index is 11.9. The van der Waals surface area contributed by atoms with Crippen LogP contribution in [0.25, 0.3) is 0 Å². The molecule has 0 saturated heterocycles. The van der Waals surface area contributed by atoms with E-state index in [1.807, 2.05) is 27.7 Å². The van der Waals surface area contributed by atoms with Crippen LogP contribution in [-0.2, 0) is 11.2 Å². The Bertz CT molecular complexity index is 884. The van der Waals surface area contributed by atoms with E-state index in [9.17, 15) is 4.79 Å². The maximum Gasteiger partial charge on any atom is 0.219 e. The van der Waals surface area contributed by atoms with Crippen molar-refractivity contribution in [2.24, 2.45) is 0 Å². The van der Waals surface area contributed by atoms with E-state index in [2.05, 4.69) is 112 Å². The van der Waals surface area contributed by atoms with Crippen LogP contribution in [0.1, 0.15) is 156 Å². The average Bonchev–Trinajstić information content (AvgIpc) is 3.03. The van der Waals surface area contributed by atoms with Gasteiger partial charge in [-0.25, -0.2) is 0 Å². The molecule has 0 fully saturated rings. The normalized spacial score (nSPS) is 10.5. The number of aryl methyl sites for hydroxylation is 1. The summed E-state index contributed by atoms with van der Waals surface area (Å²) in [6.07, 6.45) is 14.8. The minimum absolute atomic E-state index is 0.0895. The van der Waals surface area contributed by atoms with Gasteiger partial charge in [0.15, 0.2) is 0 Å². The molecule has 0 radical (unpaired) electrons. The molecule has 1 aromatic rings. The number of nitrogens with one attached hydrogen (secondary N) is 3. The smallest absolute Gasteiger partial charge is 0.219 e. The molecule has 1 aromatic carbocycles. The van der Waals surface area contributed by atoms with E-state index in [0.717, 1.165) is 82.3 Å². The quantitative estimate of drug-likeness (QED) is 0.0630. The molecule has 0 aliphatic carbocycles. The van der Waals surface area contributed by atoms with Gasteiger partial charge in [-0.15, -0.1) is 6.58 Å². The third-order valence-corrected chi connectivity index (χ3v) is 8.39. The van der Waals surface area contributed by atoms with Crippen LogP contribution in [0.15, 0.2) is 48.8 Å². The standard InChI is InChI=1S/C32H52IN3O.C4H10.2C2H6/c1-8-9-14-19-35-32(37)18-13-11-10-12-17-26(5)36-31(28(7)34-20-15-16-24(2)3)23-29-21-25(4)27(6)30(33)22-29;1-3-4-2;2*1-2/h21-22,31,34,36H,2,5,7-20,23H2,1,3-4,6H3,(H,35,37);3-4H2,1-2H3;2*1-2H3. The second-order valence-electron chi connectivity index (χ2n) is 11.5. The lowest BCUT2D eigenvalue weighted by Crippen LogP contribution is -2.37. The Hall–Kier alpha value is -1.76. The number of rotatable bonds is 22. The lowest BCUT2D eigenvalue weighted by Gasteiger charge is -2.25. The fourth-order valence-electron chi connectivity index (χ4n) is 4.25. The summed E-state index contributed by atoms with van der Waals surface area (Å²) in [5.41, 5.74) is 7.28. The highest BCUT2D eigenvalue weighted by Crippen LogP contribution is 2.21. The number of amides is 1. The van der Waals surface area contributed by atoms with Crippen LogP contribution in [0.3, 0.4) is 0 Å². The molecule has 5 heteroatoms. The molecular weight excluding hydrogens is 665 g/mol. The topological polar surface area (TPSA) is 53.2 Å². The Balaban J connectivity index is -0.00000199. The number of benzene rings is 1. The maximum atomic E-state index is 11.9. The number of allylic oxidation sites excluding steroid dienone is 2. The highest BCUT2D eigenvalue weighted by Gasteiger charge is 2.15. The Labute approximate surface area is 295 Å². The average molecular weight is 740 g/mol. The van der Waals surface area contributed by atoms with Crippen LogP contribution in [0, 0.1) is 17.4 Å². The summed E-state index contributed by atoms with van der Waals surface area (Å²) >= 11 is 2.43. The summed E-state index contributed by atoms with van der Waals surface area (Å²) in [5.74, 6) is 0.195. The molecular formula is C40H74IN3O. The highest BCUT2D eigenvalue weighted by atomic mass is 127. The molecule has 0 saturated carbocycles. The summed E-state index contributed by atoms with van der Waals surface area (Å²) in [5, 5.41) is 10.2. The highest BCUT2D eigenvalue weighted by molar-refractivity contribution is 14.1. The van der Waals surface area contributed by atoms with Gasteiger partial charge in [-0.2, -0.15) is 0 Å². The molecule has 262 valence electrons. The Morgan fingerprint density at radius 2 is 1.33 bits per heavy atom. The van der Waals surface area contributed by atoms with Crippen LogP contribution in [-0.4, -0.2) is 25.0 Å². The molecule has 0 aliphatic rings. The molecule has 0 heterocycles. The predicted molar refractivity (Wildman–Crippen MR) is 213 cm³/mol. The number of hydrogen-bond acceptors (Lipinski definition) is 3. The van der Waals surface area contributed by atoms with Gasteiger partial charge in [0.25, 0.3) is 0 Å². The van der Waals surface area contributed by atoms with Crippen molar-refractivity contribution in [3.63, 3.8) is 0 Å². The molecule has 0 aliphatic heterocycles. The molecule has 45 heavy (non-hydrogen) atoms. The summed E-state index contributed by atoms with van der Waals surface area (Å²) in [7, 11) is 0. The lowest BCUT2D eigenvalue weighted by molar-refractivity contribution is -0.121. The van der Waals surface area contributed by atoms with E-state index in [1.165, 1.54) is 51.5 Å². The van der Waals surface area contributed by atoms with E-state index >= 15 is 0 Å². The van der Waals surface area contributed by atoms with Crippen molar-refractivity contribution < 1.29 is 4.79 Å². The van der Waals surface area contributed by atoms with E-state index < -0.39 is 0 Å². The monoisotopic (exact) mass is 739 g/mol. The van der Waals surface area contributed by atoms with Gasteiger partial charge in [0.05, 0.1) is 6.04 Å². The van der Waals surface area contributed by atoms with Gasteiger partial charge < -0.3 is 16.0 Å². The molecule has 0 spiro atoms. The zero-order valence-corrected chi connectivity index (χ0v) is 33.6. The number of carbonyl (C=O) groups excluding carboxylic acids is 1. The summed E-state index contributed by atoms with van der Waals surface area (Å²) in [6.45, 7) is 35.4. The summed E-state index contributed by atoms with van der Waals surface area (Å²) < 4.78 is 1.31. The first kappa shape index (κ1) is 47.6. The number of halogens is 1. The second kappa shape index (κ2) is 33.6. The van der Waals surface area contributed by atoms with Gasteiger partial charge in [-0.3, -0.25) is 4.79 Å². The largest absolute Gasteiger partial charge is 0.387 e. The lowest BCUT2D eigenvalue weighted by atomic mass is 9.99. The molecule has 1 amide bonds. The predicted octanol–water partition coefficient (Wildman–Crippen LogP) is 11.9. The summed E-state index contributed by atoms with van der Waals surface area (Å²) in [4.78, 5) is 11.9. The first-order valence-electron chi connectivity index (χ1n) is 18.1. The Morgan fingerprint density at radius 1 is 0.756 bits per heavy atom. The third-order valence-electron chi connectivity index (χ3n) is 7.27. The van der Waals surface area contributed by atoms with E-state index in [1.54, 1.807) is 0 Å². The van der Waals surface area contributed by atoms with Crippen molar-refractivity contribution in [1.29, 1.82) is 0 Å². The van der Waals surface area contributed by atoms with Crippen molar-refractivity contribution in [2.45, 2.75) is 165 Å². The van der Waals surface area contributed by atoms with Crippen LogP contribution in [0.2, 0.25) is 0 Å². The zero-order chi connectivity index (χ0) is 35.0. The SMILES string of the molecule is C=C(C)CCCNC(=C)C(Cc1cc(C)c(C)c(I)c1)NC(=C)CCCCCCC(=O)NCCCCC.CC.CC.CCCC.